The smallest absolute Gasteiger partial charge is 0.254 e. The van der Waals surface area contributed by atoms with E-state index in [2.05, 4.69) is 4.90 Å². The summed E-state index contributed by atoms with van der Waals surface area (Å²) in [6.45, 7) is 3.49. The fourth-order valence-corrected chi connectivity index (χ4v) is 3.15. The Morgan fingerprint density at radius 1 is 1.00 bits per heavy atom. The van der Waals surface area contributed by atoms with E-state index < -0.39 is 0 Å². The summed E-state index contributed by atoms with van der Waals surface area (Å²) in [6, 6.07) is 11.9. The van der Waals surface area contributed by atoms with Gasteiger partial charge in [0.2, 0.25) is 0 Å². The van der Waals surface area contributed by atoms with Crippen molar-refractivity contribution in [3.05, 3.63) is 59.4 Å². The lowest BCUT2D eigenvalue weighted by Gasteiger charge is -2.34. The molecule has 1 heterocycles. The Bertz CT molecular complexity index is 773. The number of carbonyl (C=O) groups is 1. The summed E-state index contributed by atoms with van der Waals surface area (Å²) < 4.78 is 23.8. The van der Waals surface area contributed by atoms with E-state index in [0.717, 1.165) is 18.7 Å². The van der Waals surface area contributed by atoms with E-state index in [4.69, 9.17) is 9.47 Å². The highest BCUT2D eigenvalue weighted by molar-refractivity contribution is 5.95. The second-order valence-corrected chi connectivity index (χ2v) is 6.27. The van der Waals surface area contributed by atoms with Gasteiger partial charge in [-0.05, 0) is 35.9 Å². The van der Waals surface area contributed by atoms with Crippen LogP contribution in [-0.4, -0.2) is 56.1 Å². The molecule has 3 rings (SSSR count). The van der Waals surface area contributed by atoms with Crippen LogP contribution in [0.3, 0.4) is 0 Å². The van der Waals surface area contributed by atoms with Crippen LogP contribution in [0.15, 0.2) is 42.5 Å². The first-order valence-electron chi connectivity index (χ1n) is 8.59. The molecular weight excluding hydrogens is 335 g/mol. The average molecular weight is 358 g/mol. The monoisotopic (exact) mass is 358 g/mol. The Kier molecular flexibility index (Phi) is 5.73. The van der Waals surface area contributed by atoms with Gasteiger partial charge in [0, 0.05) is 38.3 Å². The van der Waals surface area contributed by atoms with Gasteiger partial charge in [-0.25, -0.2) is 4.39 Å². The Balaban J connectivity index is 1.60. The number of piperazine rings is 1. The summed E-state index contributed by atoms with van der Waals surface area (Å²) in [5, 5.41) is 0. The van der Waals surface area contributed by atoms with E-state index in [1.54, 1.807) is 44.6 Å². The zero-order valence-corrected chi connectivity index (χ0v) is 15.1. The SMILES string of the molecule is COc1ccc(C(=O)N2CCN(Cc3cccc(F)c3)CC2)cc1OC. The molecule has 1 fully saturated rings. The van der Waals surface area contributed by atoms with Crippen LogP contribution >= 0.6 is 0 Å². The van der Waals surface area contributed by atoms with Crippen molar-refractivity contribution in [2.75, 3.05) is 40.4 Å². The number of amides is 1. The molecule has 0 saturated carbocycles. The molecule has 0 bridgehead atoms. The molecule has 2 aromatic rings. The molecule has 1 amide bonds. The van der Waals surface area contributed by atoms with Crippen LogP contribution in [-0.2, 0) is 6.54 Å². The van der Waals surface area contributed by atoms with Crippen LogP contribution in [0, 0.1) is 5.82 Å². The van der Waals surface area contributed by atoms with Gasteiger partial charge in [0.25, 0.3) is 5.91 Å². The minimum absolute atomic E-state index is 0.0173. The largest absolute Gasteiger partial charge is 0.493 e. The van der Waals surface area contributed by atoms with Crippen molar-refractivity contribution in [1.29, 1.82) is 0 Å². The predicted octanol–water partition coefficient (Wildman–Crippen LogP) is 2.80. The molecule has 0 N–H and O–H groups in total. The van der Waals surface area contributed by atoms with E-state index in [-0.39, 0.29) is 11.7 Å². The quantitative estimate of drug-likeness (QED) is 0.824. The summed E-state index contributed by atoms with van der Waals surface area (Å²) in [6.07, 6.45) is 0. The highest BCUT2D eigenvalue weighted by Gasteiger charge is 2.23. The molecule has 1 saturated heterocycles. The molecule has 2 aromatic carbocycles. The third-order valence-electron chi connectivity index (χ3n) is 4.59. The van der Waals surface area contributed by atoms with Crippen molar-refractivity contribution < 1.29 is 18.7 Å². The van der Waals surface area contributed by atoms with Gasteiger partial charge in [-0.1, -0.05) is 12.1 Å². The van der Waals surface area contributed by atoms with Gasteiger partial charge in [-0.15, -0.1) is 0 Å². The number of methoxy groups -OCH3 is 2. The zero-order chi connectivity index (χ0) is 18.5. The summed E-state index contributed by atoms with van der Waals surface area (Å²) >= 11 is 0. The van der Waals surface area contributed by atoms with Crippen LogP contribution < -0.4 is 9.47 Å². The molecule has 6 heteroatoms. The summed E-state index contributed by atoms with van der Waals surface area (Å²) in [4.78, 5) is 16.8. The van der Waals surface area contributed by atoms with E-state index >= 15 is 0 Å². The molecule has 0 unspecified atom stereocenters. The van der Waals surface area contributed by atoms with Crippen molar-refractivity contribution >= 4 is 5.91 Å². The fraction of sp³-hybridized carbons (Fsp3) is 0.350. The summed E-state index contributed by atoms with van der Waals surface area (Å²) in [7, 11) is 3.12. The van der Waals surface area contributed by atoms with Gasteiger partial charge in [0.1, 0.15) is 5.82 Å². The molecule has 26 heavy (non-hydrogen) atoms. The van der Waals surface area contributed by atoms with E-state index in [1.807, 2.05) is 11.0 Å². The van der Waals surface area contributed by atoms with Gasteiger partial charge in [0.15, 0.2) is 11.5 Å². The topological polar surface area (TPSA) is 42.0 Å². The highest BCUT2D eigenvalue weighted by Crippen LogP contribution is 2.28. The lowest BCUT2D eigenvalue weighted by molar-refractivity contribution is 0.0628. The van der Waals surface area contributed by atoms with Crippen molar-refractivity contribution in [2.24, 2.45) is 0 Å². The second-order valence-electron chi connectivity index (χ2n) is 6.27. The minimum atomic E-state index is -0.218. The minimum Gasteiger partial charge on any atom is -0.493 e. The van der Waals surface area contributed by atoms with Crippen LogP contribution in [0.2, 0.25) is 0 Å². The van der Waals surface area contributed by atoms with Crippen LogP contribution in [0.4, 0.5) is 4.39 Å². The summed E-state index contributed by atoms with van der Waals surface area (Å²) in [5.74, 6) is 0.910. The summed E-state index contributed by atoms with van der Waals surface area (Å²) in [5.41, 5.74) is 1.53. The molecule has 0 radical (unpaired) electrons. The van der Waals surface area contributed by atoms with E-state index in [1.165, 1.54) is 6.07 Å². The van der Waals surface area contributed by atoms with Crippen molar-refractivity contribution in [3.8, 4) is 11.5 Å². The number of ether oxygens (including phenoxy) is 2. The molecule has 1 aliphatic rings. The Morgan fingerprint density at radius 2 is 1.73 bits per heavy atom. The molecule has 0 spiro atoms. The van der Waals surface area contributed by atoms with E-state index in [9.17, 15) is 9.18 Å². The maximum absolute atomic E-state index is 13.3. The van der Waals surface area contributed by atoms with Crippen molar-refractivity contribution in [2.45, 2.75) is 6.54 Å². The average Bonchev–Trinajstić information content (AvgIpc) is 2.67. The number of rotatable bonds is 5. The van der Waals surface area contributed by atoms with E-state index in [0.29, 0.717) is 36.7 Å². The van der Waals surface area contributed by atoms with Crippen LogP contribution in [0.5, 0.6) is 11.5 Å². The second kappa shape index (κ2) is 8.19. The normalized spacial score (nSPS) is 15.0. The van der Waals surface area contributed by atoms with Gasteiger partial charge in [-0.2, -0.15) is 0 Å². The number of hydrogen-bond acceptors (Lipinski definition) is 4. The number of benzene rings is 2. The number of carbonyl (C=O) groups excluding carboxylic acids is 1. The fourth-order valence-electron chi connectivity index (χ4n) is 3.15. The Morgan fingerprint density at radius 3 is 2.38 bits per heavy atom. The molecular formula is C20H23FN2O3. The maximum Gasteiger partial charge on any atom is 0.254 e. The molecule has 1 aliphatic heterocycles. The highest BCUT2D eigenvalue weighted by atomic mass is 19.1. The predicted molar refractivity (Wildman–Crippen MR) is 97.1 cm³/mol. The third-order valence-corrected chi connectivity index (χ3v) is 4.59. The first-order valence-corrected chi connectivity index (χ1v) is 8.59. The molecule has 0 atom stereocenters. The first-order chi connectivity index (χ1) is 12.6. The lowest BCUT2D eigenvalue weighted by Crippen LogP contribution is -2.48. The molecule has 0 aliphatic carbocycles. The first kappa shape index (κ1) is 18.2. The molecule has 0 aromatic heterocycles. The van der Waals surface area contributed by atoms with Crippen LogP contribution in [0.25, 0.3) is 0 Å². The molecule has 138 valence electrons. The Hall–Kier alpha value is -2.60. The van der Waals surface area contributed by atoms with Crippen LogP contribution in [0.1, 0.15) is 15.9 Å². The van der Waals surface area contributed by atoms with Crippen molar-refractivity contribution in [3.63, 3.8) is 0 Å². The maximum atomic E-state index is 13.3. The number of hydrogen-bond donors (Lipinski definition) is 0. The molecule has 5 nitrogen and oxygen atoms in total. The van der Waals surface area contributed by atoms with Gasteiger partial charge >= 0.3 is 0 Å². The Labute approximate surface area is 152 Å². The lowest BCUT2D eigenvalue weighted by atomic mass is 10.1. The van der Waals surface area contributed by atoms with Gasteiger partial charge in [-0.3, -0.25) is 9.69 Å². The van der Waals surface area contributed by atoms with Gasteiger partial charge < -0.3 is 14.4 Å². The third kappa shape index (κ3) is 4.14. The number of halogens is 1. The number of nitrogens with zero attached hydrogens (tertiary/aromatic N) is 2. The zero-order valence-electron chi connectivity index (χ0n) is 15.1. The van der Waals surface area contributed by atoms with Crippen molar-refractivity contribution in [1.82, 2.24) is 9.80 Å². The van der Waals surface area contributed by atoms with Gasteiger partial charge in [0.05, 0.1) is 14.2 Å². The standard InChI is InChI=1S/C20H23FN2O3/c1-25-18-7-6-16(13-19(18)26-2)20(24)23-10-8-22(9-11-23)14-15-4-3-5-17(21)12-15/h3-7,12-13H,8-11,14H2,1-2H3.